The van der Waals surface area contributed by atoms with Gasteiger partial charge in [-0.25, -0.2) is 8.42 Å². The second-order valence-corrected chi connectivity index (χ2v) is 8.89. The molecule has 0 radical (unpaired) electrons. The van der Waals surface area contributed by atoms with E-state index in [1.807, 2.05) is 6.07 Å². The van der Waals surface area contributed by atoms with Gasteiger partial charge in [0.15, 0.2) is 11.5 Å². The zero-order chi connectivity index (χ0) is 21.3. The highest BCUT2D eigenvalue weighted by atomic mass is 32.2. The molecule has 160 valence electrons. The highest BCUT2D eigenvalue weighted by Gasteiger charge is 2.33. The first kappa shape index (κ1) is 20.5. The van der Waals surface area contributed by atoms with E-state index in [1.54, 1.807) is 17.0 Å². The Morgan fingerprint density at radius 1 is 1.13 bits per heavy atom. The van der Waals surface area contributed by atoms with Crippen LogP contribution in [-0.2, 0) is 26.0 Å². The van der Waals surface area contributed by atoms with Crippen molar-refractivity contribution in [2.75, 3.05) is 37.0 Å². The molecule has 8 nitrogen and oxygen atoms in total. The number of methoxy groups -OCH3 is 2. The van der Waals surface area contributed by atoms with Crippen molar-refractivity contribution in [3.8, 4) is 11.5 Å². The molecule has 0 bridgehead atoms. The van der Waals surface area contributed by atoms with Crippen LogP contribution in [0.1, 0.15) is 18.4 Å². The standard InChI is InChI=1S/C21H24N2O6S/c1-27-18-8-7-16(13-20(18)28-2)30(25,26)22-15-6-5-14-9-10-23(17(14)12-15)21(24)19-4-3-11-29-19/h5-8,12-13,19,22H,3-4,9-11H2,1-2H3/t19-/m0/s1. The minimum absolute atomic E-state index is 0.0490. The van der Waals surface area contributed by atoms with Crippen molar-refractivity contribution in [2.24, 2.45) is 0 Å². The summed E-state index contributed by atoms with van der Waals surface area (Å²) in [6.45, 7) is 1.17. The Kier molecular flexibility index (Phi) is 5.57. The van der Waals surface area contributed by atoms with Crippen molar-refractivity contribution in [1.82, 2.24) is 0 Å². The summed E-state index contributed by atoms with van der Waals surface area (Å²) in [4.78, 5) is 14.5. The minimum atomic E-state index is -3.86. The van der Waals surface area contributed by atoms with Crippen LogP contribution in [0.25, 0.3) is 0 Å². The summed E-state index contributed by atoms with van der Waals surface area (Å²) in [6.07, 6.45) is 1.91. The second-order valence-electron chi connectivity index (χ2n) is 7.21. The summed E-state index contributed by atoms with van der Waals surface area (Å²) in [5.41, 5.74) is 2.12. The van der Waals surface area contributed by atoms with Crippen LogP contribution >= 0.6 is 0 Å². The highest BCUT2D eigenvalue weighted by molar-refractivity contribution is 7.92. The van der Waals surface area contributed by atoms with Crippen LogP contribution in [0.4, 0.5) is 11.4 Å². The van der Waals surface area contributed by atoms with Gasteiger partial charge in [0.05, 0.1) is 24.8 Å². The molecule has 1 saturated heterocycles. The SMILES string of the molecule is COc1ccc(S(=O)(=O)Nc2ccc3c(c2)N(C(=O)[C@@H]2CCCO2)CC3)cc1OC. The third-order valence-corrected chi connectivity index (χ3v) is 6.75. The Hall–Kier alpha value is -2.78. The van der Waals surface area contributed by atoms with E-state index in [0.717, 1.165) is 30.5 Å². The third-order valence-electron chi connectivity index (χ3n) is 5.37. The van der Waals surface area contributed by atoms with Crippen LogP contribution < -0.4 is 19.1 Å². The van der Waals surface area contributed by atoms with Gasteiger partial charge in [-0.15, -0.1) is 0 Å². The number of benzene rings is 2. The van der Waals surface area contributed by atoms with Gasteiger partial charge in [0, 0.05) is 24.9 Å². The average molecular weight is 432 g/mol. The lowest BCUT2D eigenvalue weighted by Gasteiger charge is -2.21. The maximum Gasteiger partial charge on any atom is 0.262 e. The molecule has 9 heteroatoms. The summed E-state index contributed by atoms with van der Waals surface area (Å²) in [6, 6.07) is 9.65. The molecule has 1 fully saturated rings. The molecule has 2 aliphatic rings. The number of hydrogen-bond acceptors (Lipinski definition) is 6. The monoisotopic (exact) mass is 432 g/mol. The summed E-state index contributed by atoms with van der Waals surface area (Å²) < 4.78 is 44.2. The molecule has 2 aromatic carbocycles. The summed E-state index contributed by atoms with van der Waals surface area (Å²) in [5.74, 6) is 0.700. The molecular weight excluding hydrogens is 408 g/mol. The molecule has 0 aromatic heterocycles. The van der Waals surface area contributed by atoms with E-state index in [4.69, 9.17) is 14.2 Å². The predicted molar refractivity (Wildman–Crippen MR) is 112 cm³/mol. The maximum absolute atomic E-state index is 12.9. The normalized spacial score (nSPS) is 18.2. The number of nitrogens with one attached hydrogen (secondary N) is 1. The van der Waals surface area contributed by atoms with Gasteiger partial charge in [-0.2, -0.15) is 0 Å². The van der Waals surface area contributed by atoms with Crippen LogP contribution in [0.15, 0.2) is 41.3 Å². The molecule has 4 rings (SSSR count). The molecule has 2 aromatic rings. The summed E-state index contributed by atoms with van der Waals surface area (Å²) in [5, 5.41) is 0. The molecule has 30 heavy (non-hydrogen) atoms. The van der Waals surface area contributed by atoms with Crippen LogP contribution in [0, 0.1) is 0 Å². The molecule has 0 spiro atoms. The number of amides is 1. The fourth-order valence-electron chi connectivity index (χ4n) is 3.82. The number of carbonyl (C=O) groups is 1. The van der Waals surface area contributed by atoms with Crippen molar-refractivity contribution < 1.29 is 27.4 Å². The zero-order valence-electron chi connectivity index (χ0n) is 16.9. The number of fused-ring (bicyclic) bond motifs is 1. The number of nitrogens with zero attached hydrogens (tertiary/aromatic N) is 1. The van der Waals surface area contributed by atoms with E-state index in [0.29, 0.717) is 30.3 Å². The van der Waals surface area contributed by atoms with E-state index < -0.39 is 16.1 Å². The molecule has 0 saturated carbocycles. The molecule has 0 unspecified atom stereocenters. The Morgan fingerprint density at radius 3 is 2.63 bits per heavy atom. The van der Waals surface area contributed by atoms with Gasteiger partial charge in [-0.3, -0.25) is 9.52 Å². The van der Waals surface area contributed by atoms with E-state index in [9.17, 15) is 13.2 Å². The first-order valence-corrected chi connectivity index (χ1v) is 11.2. The highest BCUT2D eigenvalue weighted by Crippen LogP contribution is 2.34. The van der Waals surface area contributed by atoms with Crippen LogP contribution in [-0.4, -0.2) is 47.8 Å². The molecule has 2 aliphatic heterocycles. The van der Waals surface area contributed by atoms with Crippen LogP contribution in [0.5, 0.6) is 11.5 Å². The molecule has 1 atom stereocenters. The maximum atomic E-state index is 12.9. The average Bonchev–Trinajstić information content (AvgIpc) is 3.42. The van der Waals surface area contributed by atoms with Crippen LogP contribution in [0.3, 0.4) is 0 Å². The minimum Gasteiger partial charge on any atom is -0.493 e. The molecule has 1 N–H and O–H groups in total. The largest absolute Gasteiger partial charge is 0.493 e. The smallest absolute Gasteiger partial charge is 0.262 e. The first-order valence-electron chi connectivity index (χ1n) is 9.73. The van der Waals surface area contributed by atoms with E-state index >= 15 is 0 Å². The Balaban J connectivity index is 1.58. The van der Waals surface area contributed by atoms with Gasteiger partial charge in [0.25, 0.3) is 15.9 Å². The van der Waals surface area contributed by atoms with Gasteiger partial charge in [-0.1, -0.05) is 6.07 Å². The number of ether oxygens (including phenoxy) is 3. The van der Waals surface area contributed by atoms with Gasteiger partial charge in [0.2, 0.25) is 0 Å². The fourth-order valence-corrected chi connectivity index (χ4v) is 4.88. The Labute approximate surface area is 175 Å². The predicted octanol–water partition coefficient (Wildman–Crippen LogP) is 2.57. The Morgan fingerprint density at radius 2 is 1.93 bits per heavy atom. The number of carbonyl (C=O) groups excluding carboxylic acids is 1. The van der Waals surface area contributed by atoms with Gasteiger partial charge < -0.3 is 19.1 Å². The van der Waals surface area contributed by atoms with Crippen molar-refractivity contribution >= 4 is 27.3 Å². The lowest BCUT2D eigenvalue weighted by atomic mass is 10.1. The van der Waals surface area contributed by atoms with Gasteiger partial charge in [-0.05, 0) is 49.1 Å². The third kappa shape index (κ3) is 3.82. The quantitative estimate of drug-likeness (QED) is 0.754. The topological polar surface area (TPSA) is 94.2 Å². The molecule has 2 heterocycles. The molecule has 0 aliphatic carbocycles. The van der Waals surface area contributed by atoms with E-state index in [-0.39, 0.29) is 10.8 Å². The number of anilines is 2. The second kappa shape index (κ2) is 8.16. The van der Waals surface area contributed by atoms with Crippen molar-refractivity contribution in [3.05, 3.63) is 42.0 Å². The lowest BCUT2D eigenvalue weighted by molar-refractivity contribution is -0.127. The Bertz CT molecular complexity index is 1060. The fraction of sp³-hybridized carbons (Fsp3) is 0.381. The van der Waals surface area contributed by atoms with Gasteiger partial charge in [0.1, 0.15) is 6.10 Å². The lowest BCUT2D eigenvalue weighted by Crippen LogP contribution is -2.37. The number of hydrogen-bond donors (Lipinski definition) is 1. The molecule has 1 amide bonds. The number of sulfonamides is 1. The van der Waals surface area contributed by atoms with Crippen molar-refractivity contribution in [1.29, 1.82) is 0 Å². The van der Waals surface area contributed by atoms with Crippen LogP contribution in [0.2, 0.25) is 0 Å². The van der Waals surface area contributed by atoms with E-state index in [1.165, 1.54) is 32.4 Å². The number of rotatable bonds is 6. The zero-order valence-corrected chi connectivity index (χ0v) is 17.7. The summed E-state index contributed by atoms with van der Waals surface area (Å²) >= 11 is 0. The van der Waals surface area contributed by atoms with Crippen molar-refractivity contribution in [3.63, 3.8) is 0 Å². The summed E-state index contributed by atoms with van der Waals surface area (Å²) in [7, 11) is -0.925. The van der Waals surface area contributed by atoms with Gasteiger partial charge >= 0.3 is 0 Å². The molecular formula is C21H24N2O6S. The first-order chi connectivity index (χ1) is 14.4. The van der Waals surface area contributed by atoms with Crippen molar-refractivity contribution in [2.45, 2.75) is 30.3 Å². The van der Waals surface area contributed by atoms with E-state index in [2.05, 4.69) is 4.72 Å².